The molecule has 1 aromatic carbocycles. The monoisotopic (exact) mass is 431 g/mol. The third-order valence-electron chi connectivity index (χ3n) is 5.63. The molecule has 1 fully saturated rings. The van der Waals surface area contributed by atoms with Crippen molar-refractivity contribution >= 4 is 23.3 Å². The van der Waals surface area contributed by atoms with Gasteiger partial charge in [-0.2, -0.15) is 0 Å². The fourth-order valence-electron chi connectivity index (χ4n) is 4.05. The second-order valence-corrected chi connectivity index (χ2v) is 8.56. The van der Waals surface area contributed by atoms with Gasteiger partial charge in [-0.15, -0.1) is 0 Å². The zero-order chi connectivity index (χ0) is 21.3. The highest BCUT2D eigenvalue weighted by Crippen LogP contribution is 2.25. The highest BCUT2D eigenvalue weighted by Gasteiger charge is 2.23. The third kappa shape index (κ3) is 5.85. The molecule has 2 aromatic rings. The van der Waals surface area contributed by atoms with E-state index >= 15 is 0 Å². The molecular weight excluding hydrogens is 397 g/mol. The van der Waals surface area contributed by atoms with E-state index in [1.54, 1.807) is 17.8 Å². The molecule has 0 atom stereocenters. The van der Waals surface area contributed by atoms with Crippen LogP contribution in [-0.4, -0.2) is 48.4 Å². The van der Waals surface area contributed by atoms with Crippen LogP contribution in [0, 0.1) is 5.82 Å². The van der Waals surface area contributed by atoms with Crippen molar-refractivity contribution in [1.82, 2.24) is 15.3 Å². The summed E-state index contributed by atoms with van der Waals surface area (Å²) in [4.78, 5) is 13.8. The maximum atomic E-state index is 14.2. The molecule has 7 heteroatoms. The normalized spacial score (nSPS) is 14.6. The molecule has 2 heterocycles. The highest BCUT2D eigenvalue weighted by molar-refractivity contribution is 7.98. The Labute approximate surface area is 184 Å². The average molecular weight is 432 g/mol. The maximum absolute atomic E-state index is 14.2. The number of nitrogens with one attached hydrogen (secondary N) is 1. The molecule has 164 valence electrons. The molecule has 3 rings (SSSR count). The zero-order valence-corrected chi connectivity index (χ0v) is 19.2. The Balaban J connectivity index is 1.71. The third-order valence-corrected chi connectivity index (χ3v) is 6.19. The molecule has 1 aliphatic rings. The molecule has 0 unspecified atom stereocenters. The first-order valence-electron chi connectivity index (χ1n) is 11.0. The molecule has 1 N–H and O–H groups in total. The largest absolute Gasteiger partial charge is 0.366 e. The lowest BCUT2D eigenvalue weighted by atomic mass is 10.1. The molecule has 0 spiro atoms. The van der Waals surface area contributed by atoms with Crippen LogP contribution in [0.4, 0.5) is 15.9 Å². The summed E-state index contributed by atoms with van der Waals surface area (Å²) < 4.78 is 14.2. The molecule has 1 aromatic heterocycles. The summed E-state index contributed by atoms with van der Waals surface area (Å²) in [5.74, 6) is 0.863. The number of rotatable bonds is 10. The van der Waals surface area contributed by atoms with Crippen LogP contribution in [0.25, 0.3) is 0 Å². The van der Waals surface area contributed by atoms with Gasteiger partial charge in [0, 0.05) is 50.5 Å². The van der Waals surface area contributed by atoms with Crippen LogP contribution in [0.1, 0.15) is 45.1 Å². The van der Waals surface area contributed by atoms with E-state index in [1.165, 1.54) is 31.7 Å². The molecule has 5 nitrogen and oxygen atoms in total. The van der Waals surface area contributed by atoms with Crippen molar-refractivity contribution in [2.45, 2.75) is 57.3 Å². The van der Waals surface area contributed by atoms with Crippen LogP contribution in [0.5, 0.6) is 0 Å². The van der Waals surface area contributed by atoms with E-state index in [-0.39, 0.29) is 5.82 Å². The summed E-state index contributed by atoms with van der Waals surface area (Å²) >= 11 is 1.57. The first-order chi connectivity index (χ1) is 14.7. The van der Waals surface area contributed by atoms with Gasteiger partial charge in [-0.3, -0.25) is 0 Å². The number of hydrogen-bond donors (Lipinski definition) is 1. The van der Waals surface area contributed by atoms with Crippen LogP contribution in [-0.2, 0) is 6.54 Å². The number of aromatic nitrogens is 2. The summed E-state index contributed by atoms with van der Waals surface area (Å²) in [5.41, 5.74) is 1.83. The van der Waals surface area contributed by atoms with E-state index in [2.05, 4.69) is 33.9 Å². The van der Waals surface area contributed by atoms with Crippen LogP contribution < -0.4 is 15.1 Å². The predicted molar refractivity (Wildman–Crippen MR) is 125 cm³/mol. The van der Waals surface area contributed by atoms with Gasteiger partial charge in [0.2, 0.25) is 0 Å². The molecule has 0 saturated carbocycles. The summed E-state index contributed by atoms with van der Waals surface area (Å²) in [6.07, 6.45) is 8.72. The van der Waals surface area contributed by atoms with Crippen molar-refractivity contribution in [3.63, 3.8) is 0 Å². The number of nitrogens with zero attached hydrogens (tertiary/aromatic N) is 4. The number of benzene rings is 1. The van der Waals surface area contributed by atoms with Gasteiger partial charge in [0.05, 0.1) is 5.69 Å². The van der Waals surface area contributed by atoms with Gasteiger partial charge in [-0.05, 0) is 31.2 Å². The van der Waals surface area contributed by atoms with Crippen LogP contribution in [0.15, 0.2) is 35.6 Å². The number of anilines is 2. The lowest BCUT2D eigenvalue weighted by Crippen LogP contribution is -2.47. The Morgan fingerprint density at radius 3 is 2.37 bits per heavy atom. The lowest BCUT2D eigenvalue weighted by Gasteiger charge is -2.37. The van der Waals surface area contributed by atoms with Crippen molar-refractivity contribution in [2.75, 3.05) is 42.2 Å². The van der Waals surface area contributed by atoms with Crippen LogP contribution >= 0.6 is 11.8 Å². The van der Waals surface area contributed by atoms with Crippen molar-refractivity contribution in [2.24, 2.45) is 0 Å². The van der Waals surface area contributed by atoms with E-state index in [0.717, 1.165) is 49.3 Å². The summed E-state index contributed by atoms with van der Waals surface area (Å²) in [5, 5.41) is 4.52. The Bertz CT molecular complexity index is 789. The van der Waals surface area contributed by atoms with Gasteiger partial charge >= 0.3 is 0 Å². The van der Waals surface area contributed by atoms with Gasteiger partial charge in [0.25, 0.3) is 0 Å². The Morgan fingerprint density at radius 2 is 1.73 bits per heavy atom. The topological polar surface area (TPSA) is 44.3 Å². The van der Waals surface area contributed by atoms with E-state index in [9.17, 15) is 4.39 Å². The van der Waals surface area contributed by atoms with Crippen molar-refractivity contribution in [3.05, 3.63) is 41.8 Å². The van der Waals surface area contributed by atoms with Crippen molar-refractivity contribution < 1.29 is 4.39 Å². The molecular formula is C23H34FN5S. The maximum Gasteiger partial charge on any atom is 0.189 e. The minimum atomic E-state index is -0.152. The molecule has 1 saturated heterocycles. The van der Waals surface area contributed by atoms with Crippen LogP contribution in [0.2, 0.25) is 0 Å². The van der Waals surface area contributed by atoms with E-state index < -0.39 is 0 Å². The average Bonchev–Trinajstić information content (AvgIpc) is 2.78. The second-order valence-electron chi connectivity index (χ2n) is 7.79. The van der Waals surface area contributed by atoms with E-state index in [1.807, 2.05) is 24.6 Å². The Hall–Kier alpha value is -1.86. The van der Waals surface area contributed by atoms with Gasteiger partial charge in [0.1, 0.15) is 11.6 Å². The number of para-hydroxylation sites is 1. The van der Waals surface area contributed by atoms with E-state index in [4.69, 9.17) is 4.98 Å². The number of piperazine rings is 1. The standard InChI is InChI=1S/C23H34FN5S/c1-4-8-19(9-5-2)25-16-18-17-26-23(30-3)27-22(18)29-14-12-28(13-15-29)21-11-7-6-10-20(21)24/h6-7,10-11,17,19,25H,4-5,8-9,12-16H2,1-3H3. The molecule has 0 amide bonds. The predicted octanol–water partition coefficient (Wildman–Crippen LogP) is 4.72. The van der Waals surface area contributed by atoms with Crippen LogP contribution in [0.3, 0.4) is 0 Å². The van der Waals surface area contributed by atoms with Crippen molar-refractivity contribution in [3.8, 4) is 0 Å². The molecule has 0 radical (unpaired) electrons. The smallest absolute Gasteiger partial charge is 0.189 e. The Kier molecular flexibility index (Phi) is 8.75. The first kappa shape index (κ1) is 22.8. The molecule has 0 aliphatic carbocycles. The quantitative estimate of drug-likeness (QED) is 0.434. The minimum absolute atomic E-state index is 0.152. The fraction of sp³-hybridized carbons (Fsp3) is 0.565. The molecule has 30 heavy (non-hydrogen) atoms. The van der Waals surface area contributed by atoms with Crippen molar-refractivity contribution in [1.29, 1.82) is 0 Å². The van der Waals surface area contributed by atoms with E-state index in [0.29, 0.717) is 11.7 Å². The summed E-state index contributed by atoms with van der Waals surface area (Å²) in [6, 6.07) is 7.56. The fourth-order valence-corrected chi connectivity index (χ4v) is 4.38. The minimum Gasteiger partial charge on any atom is -0.366 e. The second kappa shape index (κ2) is 11.5. The molecule has 0 bridgehead atoms. The zero-order valence-electron chi connectivity index (χ0n) is 18.4. The molecule has 1 aliphatic heterocycles. The number of halogens is 1. The summed E-state index contributed by atoms with van der Waals surface area (Å²) in [6.45, 7) is 8.45. The Morgan fingerprint density at radius 1 is 1.07 bits per heavy atom. The van der Waals surface area contributed by atoms with Gasteiger partial charge in [-0.25, -0.2) is 14.4 Å². The number of hydrogen-bond acceptors (Lipinski definition) is 6. The van der Waals surface area contributed by atoms with Gasteiger partial charge < -0.3 is 15.1 Å². The lowest BCUT2D eigenvalue weighted by molar-refractivity contribution is 0.442. The van der Waals surface area contributed by atoms with Gasteiger partial charge in [-0.1, -0.05) is 50.6 Å². The SMILES string of the molecule is CCCC(CCC)NCc1cnc(SC)nc1N1CCN(c2ccccc2F)CC1. The van der Waals surface area contributed by atoms with Gasteiger partial charge in [0.15, 0.2) is 5.16 Å². The highest BCUT2D eigenvalue weighted by atomic mass is 32.2. The first-order valence-corrected chi connectivity index (χ1v) is 12.3. The number of thioether (sulfide) groups is 1. The summed E-state index contributed by atoms with van der Waals surface area (Å²) in [7, 11) is 0.